The molecule has 1 atom stereocenters. The van der Waals surface area contributed by atoms with Gasteiger partial charge in [-0.3, -0.25) is 0 Å². The third kappa shape index (κ3) is 2.02. The van der Waals surface area contributed by atoms with E-state index in [1.54, 1.807) is 0 Å². The van der Waals surface area contributed by atoms with Crippen molar-refractivity contribution in [3.05, 3.63) is 29.3 Å². The number of piperidine rings is 1. The van der Waals surface area contributed by atoms with E-state index in [0.717, 1.165) is 31.9 Å². The van der Waals surface area contributed by atoms with Crippen molar-refractivity contribution in [2.75, 3.05) is 13.7 Å². The molecule has 2 nitrogen and oxygen atoms in total. The summed E-state index contributed by atoms with van der Waals surface area (Å²) in [7, 11) is 1.47. The summed E-state index contributed by atoms with van der Waals surface area (Å²) in [6, 6.07) is 2.43. The lowest BCUT2D eigenvalue weighted by molar-refractivity contribution is 0.354. The fourth-order valence-electron chi connectivity index (χ4n) is 2.15. The highest BCUT2D eigenvalue weighted by Crippen LogP contribution is 2.33. The maximum Gasteiger partial charge on any atom is 0.167 e. The van der Waals surface area contributed by atoms with Gasteiger partial charge in [0.25, 0.3) is 0 Å². The fourth-order valence-corrected chi connectivity index (χ4v) is 2.15. The molecule has 1 heterocycles. The predicted molar refractivity (Wildman–Crippen MR) is 57.5 cm³/mol. The number of halogens is 2. The van der Waals surface area contributed by atoms with E-state index in [-0.39, 0.29) is 6.04 Å². The summed E-state index contributed by atoms with van der Waals surface area (Å²) in [6.07, 6.45) is 2.92. The first-order valence-electron chi connectivity index (χ1n) is 5.49. The molecule has 0 radical (unpaired) electrons. The summed E-state index contributed by atoms with van der Waals surface area (Å²) in [4.78, 5) is 0. The Kier molecular flexibility index (Phi) is 3.39. The zero-order chi connectivity index (χ0) is 11.5. The van der Waals surface area contributed by atoms with Crippen LogP contribution in [-0.2, 0) is 0 Å². The SMILES string of the molecule is COc1ccc(F)c(F)c1C1CCCCN1. The molecule has 1 unspecified atom stereocenters. The summed E-state index contributed by atoms with van der Waals surface area (Å²) in [5.74, 6) is -1.19. The molecule has 0 aromatic heterocycles. The van der Waals surface area contributed by atoms with E-state index in [1.807, 2.05) is 0 Å². The van der Waals surface area contributed by atoms with E-state index in [1.165, 1.54) is 13.2 Å². The molecular formula is C12H15F2NO. The maximum absolute atomic E-state index is 13.7. The van der Waals surface area contributed by atoms with Gasteiger partial charge >= 0.3 is 0 Å². The Morgan fingerprint density at radius 3 is 2.75 bits per heavy atom. The Bertz CT molecular complexity index is 376. The van der Waals surface area contributed by atoms with E-state index in [2.05, 4.69) is 5.32 Å². The van der Waals surface area contributed by atoms with Crippen LogP contribution in [0.2, 0.25) is 0 Å². The smallest absolute Gasteiger partial charge is 0.167 e. The van der Waals surface area contributed by atoms with E-state index in [9.17, 15) is 8.78 Å². The molecule has 0 bridgehead atoms. The second-order valence-corrected chi connectivity index (χ2v) is 3.98. The molecule has 0 aliphatic carbocycles. The van der Waals surface area contributed by atoms with Crippen LogP contribution in [0.15, 0.2) is 12.1 Å². The van der Waals surface area contributed by atoms with Gasteiger partial charge in [0.1, 0.15) is 5.75 Å². The normalized spacial score (nSPS) is 20.8. The zero-order valence-electron chi connectivity index (χ0n) is 9.22. The predicted octanol–water partition coefficient (Wildman–Crippen LogP) is 2.79. The Balaban J connectivity index is 2.39. The molecule has 1 fully saturated rings. The Morgan fingerprint density at radius 2 is 2.12 bits per heavy atom. The zero-order valence-corrected chi connectivity index (χ0v) is 9.22. The summed E-state index contributed by atoms with van der Waals surface area (Å²) in [6.45, 7) is 0.837. The molecule has 1 aliphatic heterocycles. The second kappa shape index (κ2) is 4.78. The molecule has 1 saturated heterocycles. The van der Waals surface area contributed by atoms with E-state index < -0.39 is 11.6 Å². The minimum atomic E-state index is -0.817. The Labute approximate surface area is 93.6 Å². The molecule has 0 amide bonds. The Morgan fingerprint density at radius 1 is 1.31 bits per heavy atom. The number of ether oxygens (including phenoxy) is 1. The third-order valence-electron chi connectivity index (χ3n) is 2.97. The monoisotopic (exact) mass is 227 g/mol. The summed E-state index contributed by atoms with van der Waals surface area (Å²) >= 11 is 0. The third-order valence-corrected chi connectivity index (χ3v) is 2.97. The number of hydrogen-bond donors (Lipinski definition) is 1. The molecule has 1 aliphatic rings. The average molecular weight is 227 g/mol. The highest BCUT2D eigenvalue weighted by atomic mass is 19.2. The first-order valence-corrected chi connectivity index (χ1v) is 5.49. The molecule has 0 saturated carbocycles. The van der Waals surface area contributed by atoms with Crippen LogP contribution in [0.3, 0.4) is 0 Å². The van der Waals surface area contributed by atoms with E-state index in [4.69, 9.17) is 4.74 Å². The summed E-state index contributed by atoms with van der Waals surface area (Å²) in [5.41, 5.74) is 0.321. The van der Waals surface area contributed by atoms with Gasteiger partial charge in [-0.15, -0.1) is 0 Å². The fraction of sp³-hybridized carbons (Fsp3) is 0.500. The molecule has 1 aromatic carbocycles. The van der Waals surface area contributed by atoms with Crippen LogP contribution in [0.5, 0.6) is 5.75 Å². The van der Waals surface area contributed by atoms with Crippen molar-refractivity contribution in [1.82, 2.24) is 5.32 Å². The van der Waals surface area contributed by atoms with Crippen molar-refractivity contribution in [2.45, 2.75) is 25.3 Å². The maximum atomic E-state index is 13.7. The van der Waals surface area contributed by atoms with Crippen molar-refractivity contribution in [1.29, 1.82) is 0 Å². The number of rotatable bonds is 2. The van der Waals surface area contributed by atoms with Gasteiger partial charge in [0.15, 0.2) is 11.6 Å². The van der Waals surface area contributed by atoms with E-state index in [0.29, 0.717) is 11.3 Å². The molecule has 1 aromatic rings. The van der Waals surface area contributed by atoms with Crippen LogP contribution in [-0.4, -0.2) is 13.7 Å². The quantitative estimate of drug-likeness (QED) is 0.838. The minimum absolute atomic E-state index is 0.139. The summed E-state index contributed by atoms with van der Waals surface area (Å²) in [5, 5.41) is 3.19. The van der Waals surface area contributed by atoms with Gasteiger partial charge in [-0.25, -0.2) is 8.78 Å². The molecule has 4 heteroatoms. The largest absolute Gasteiger partial charge is 0.496 e. The molecule has 88 valence electrons. The molecular weight excluding hydrogens is 212 g/mol. The lowest BCUT2D eigenvalue weighted by atomic mass is 9.96. The number of nitrogens with one attached hydrogen (secondary N) is 1. The molecule has 0 spiro atoms. The van der Waals surface area contributed by atoms with Crippen LogP contribution in [0.25, 0.3) is 0 Å². The lowest BCUT2D eigenvalue weighted by Gasteiger charge is -2.25. The van der Waals surface area contributed by atoms with Crippen molar-refractivity contribution < 1.29 is 13.5 Å². The van der Waals surface area contributed by atoms with Gasteiger partial charge in [-0.1, -0.05) is 6.42 Å². The van der Waals surface area contributed by atoms with Gasteiger partial charge in [0, 0.05) is 11.6 Å². The Hall–Kier alpha value is -1.16. The molecule has 16 heavy (non-hydrogen) atoms. The number of methoxy groups -OCH3 is 1. The van der Waals surface area contributed by atoms with Crippen LogP contribution in [0.1, 0.15) is 30.9 Å². The van der Waals surface area contributed by atoms with Crippen molar-refractivity contribution >= 4 is 0 Å². The van der Waals surface area contributed by atoms with Crippen LogP contribution >= 0.6 is 0 Å². The van der Waals surface area contributed by atoms with Crippen molar-refractivity contribution in [3.63, 3.8) is 0 Å². The van der Waals surface area contributed by atoms with Crippen molar-refractivity contribution in [2.24, 2.45) is 0 Å². The topological polar surface area (TPSA) is 21.3 Å². The van der Waals surface area contributed by atoms with Gasteiger partial charge in [-0.2, -0.15) is 0 Å². The van der Waals surface area contributed by atoms with Gasteiger partial charge in [-0.05, 0) is 31.5 Å². The minimum Gasteiger partial charge on any atom is -0.496 e. The average Bonchev–Trinajstić information content (AvgIpc) is 2.33. The number of benzene rings is 1. The molecule has 2 rings (SSSR count). The van der Waals surface area contributed by atoms with Crippen LogP contribution in [0.4, 0.5) is 8.78 Å². The van der Waals surface area contributed by atoms with Crippen LogP contribution < -0.4 is 10.1 Å². The first kappa shape index (κ1) is 11.3. The van der Waals surface area contributed by atoms with E-state index >= 15 is 0 Å². The standard InChI is InChI=1S/C12H15F2NO/c1-16-10-6-5-8(13)12(14)11(10)9-4-2-3-7-15-9/h5-6,9,15H,2-4,7H2,1H3. The second-order valence-electron chi connectivity index (χ2n) is 3.98. The highest BCUT2D eigenvalue weighted by molar-refractivity contribution is 5.38. The summed E-state index contributed by atoms with van der Waals surface area (Å²) < 4.78 is 32.0. The van der Waals surface area contributed by atoms with Gasteiger partial charge < -0.3 is 10.1 Å². The molecule has 1 N–H and O–H groups in total. The van der Waals surface area contributed by atoms with Gasteiger partial charge in [0.2, 0.25) is 0 Å². The lowest BCUT2D eigenvalue weighted by Crippen LogP contribution is -2.28. The first-order chi connectivity index (χ1) is 7.74. The van der Waals surface area contributed by atoms with Gasteiger partial charge in [0.05, 0.1) is 7.11 Å². The highest BCUT2D eigenvalue weighted by Gasteiger charge is 2.24. The van der Waals surface area contributed by atoms with Crippen molar-refractivity contribution in [3.8, 4) is 5.75 Å². The van der Waals surface area contributed by atoms with Crippen LogP contribution in [0, 0.1) is 11.6 Å². The number of hydrogen-bond acceptors (Lipinski definition) is 2.